The minimum atomic E-state index is -0.158. The van der Waals surface area contributed by atoms with Crippen LogP contribution in [0.25, 0.3) is 0 Å². The predicted octanol–water partition coefficient (Wildman–Crippen LogP) is 2.98. The molecule has 1 aromatic heterocycles. The summed E-state index contributed by atoms with van der Waals surface area (Å²) in [4.78, 5) is 4.23. The van der Waals surface area contributed by atoms with Gasteiger partial charge in [0.15, 0.2) is 0 Å². The van der Waals surface area contributed by atoms with Crippen molar-refractivity contribution in [1.82, 2.24) is 4.98 Å². The van der Waals surface area contributed by atoms with Crippen LogP contribution in [0, 0.1) is 0 Å². The van der Waals surface area contributed by atoms with Crippen molar-refractivity contribution in [3.63, 3.8) is 0 Å². The standard InChI is InChI=1S/C13H16N2OS/c1-9(2)16-11-5-3-10(4-6-11)13(14)12-7-17-8-15-12/h3-9,13H,14H2,1-2H3. The summed E-state index contributed by atoms with van der Waals surface area (Å²) in [5, 5.41) is 1.98. The molecule has 2 N–H and O–H groups in total. The maximum atomic E-state index is 6.12. The van der Waals surface area contributed by atoms with Crippen LogP contribution in [0.1, 0.15) is 31.1 Å². The summed E-state index contributed by atoms with van der Waals surface area (Å²) >= 11 is 1.56. The lowest BCUT2D eigenvalue weighted by Crippen LogP contribution is -2.12. The van der Waals surface area contributed by atoms with E-state index in [1.54, 1.807) is 16.8 Å². The van der Waals surface area contributed by atoms with Crippen molar-refractivity contribution in [2.24, 2.45) is 5.73 Å². The van der Waals surface area contributed by atoms with Gasteiger partial charge in [-0.1, -0.05) is 12.1 Å². The highest BCUT2D eigenvalue weighted by atomic mass is 32.1. The lowest BCUT2D eigenvalue weighted by Gasteiger charge is -2.12. The molecule has 0 aliphatic carbocycles. The van der Waals surface area contributed by atoms with Gasteiger partial charge in [0, 0.05) is 5.38 Å². The molecule has 1 aromatic carbocycles. The van der Waals surface area contributed by atoms with E-state index >= 15 is 0 Å². The van der Waals surface area contributed by atoms with Crippen molar-refractivity contribution in [2.75, 3.05) is 0 Å². The van der Waals surface area contributed by atoms with Crippen molar-refractivity contribution >= 4 is 11.3 Å². The van der Waals surface area contributed by atoms with E-state index in [1.807, 2.05) is 43.5 Å². The fourth-order valence-corrected chi connectivity index (χ4v) is 2.16. The zero-order chi connectivity index (χ0) is 12.3. The molecule has 1 heterocycles. The molecule has 0 amide bonds. The fourth-order valence-electron chi connectivity index (χ4n) is 1.57. The SMILES string of the molecule is CC(C)Oc1ccc(C(N)c2cscn2)cc1. The summed E-state index contributed by atoms with van der Waals surface area (Å²) in [5.74, 6) is 0.870. The van der Waals surface area contributed by atoms with Crippen LogP contribution in [0.2, 0.25) is 0 Å². The zero-order valence-corrected chi connectivity index (χ0v) is 10.8. The largest absolute Gasteiger partial charge is 0.491 e. The maximum Gasteiger partial charge on any atom is 0.119 e. The van der Waals surface area contributed by atoms with Gasteiger partial charge in [-0.25, -0.2) is 4.98 Å². The Bertz CT molecular complexity index is 451. The highest BCUT2D eigenvalue weighted by Crippen LogP contribution is 2.22. The zero-order valence-electron chi connectivity index (χ0n) is 9.96. The monoisotopic (exact) mass is 248 g/mol. The first kappa shape index (κ1) is 12.1. The van der Waals surface area contributed by atoms with Gasteiger partial charge in [-0.05, 0) is 31.5 Å². The second kappa shape index (κ2) is 5.29. The Labute approximate surface area is 105 Å². The number of ether oxygens (including phenoxy) is 1. The van der Waals surface area contributed by atoms with E-state index in [-0.39, 0.29) is 12.1 Å². The van der Waals surface area contributed by atoms with Gasteiger partial charge in [0.1, 0.15) is 5.75 Å². The average molecular weight is 248 g/mol. The molecule has 90 valence electrons. The summed E-state index contributed by atoms with van der Waals surface area (Å²) in [6, 6.07) is 7.71. The minimum absolute atomic E-state index is 0.158. The quantitative estimate of drug-likeness (QED) is 0.905. The van der Waals surface area contributed by atoms with Crippen molar-refractivity contribution in [3.8, 4) is 5.75 Å². The van der Waals surface area contributed by atoms with E-state index in [9.17, 15) is 0 Å². The highest BCUT2D eigenvalue weighted by Gasteiger charge is 2.10. The first-order chi connectivity index (χ1) is 8.16. The first-order valence-electron chi connectivity index (χ1n) is 5.57. The van der Waals surface area contributed by atoms with Crippen LogP contribution in [0.15, 0.2) is 35.2 Å². The van der Waals surface area contributed by atoms with Crippen molar-refractivity contribution in [2.45, 2.75) is 26.0 Å². The van der Waals surface area contributed by atoms with E-state index in [0.717, 1.165) is 17.0 Å². The number of rotatable bonds is 4. The number of aromatic nitrogens is 1. The van der Waals surface area contributed by atoms with Gasteiger partial charge in [0.25, 0.3) is 0 Å². The van der Waals surface area contributed by atoms with Gasteiger partial charge in [0.05, 0.1) is 23.4 Å². The Kier molecular flexibility index (Phi) is 3.76. The van der Waals surface area contributed by atoms with Gasteiger partial charge >= 0.3 is 0 Å². The number of benzene rings is 1. The molecule has 1 atom stereocenters. The Morgan fingerprint density at radius 1 is 1.24 bits per heavy atom. The highest BCUT2D eigenvalue weighted by molar-refractivity contribution is 7.07. The normalized spacial score (nSPS) is 12.7. The van der Waals surface area contributed by atoms with Crippen LogP contribution in [-0.4, -0.2) is 11.1 Å². The Hall–Kier alpha value is -1.39. The van der Waals surface area contributed by atoms with Crippen molar-refractivity contribution < 1.29 is 4.74 Å². The van der Waals surface area contributed by atoms with E-state index in [0.29, 0.717) is 0 Å². The number of nitrogens with two attached hydrogens (primary N) is 1. The average Bonchev–Trinajstić information content (AvgIpc) is 2.82. The Morgan fingerprint density at radius 2 is 1.94 bits per heavy atom. The van der Waals surface area contributed by atoms with E-state index in [4.69, 9.17) is 10.5 Å². The van der Waals surface area contributed by atoms with Gasteiger partial charge in [0.2, 0.25) is 0 Å². The Morgan fingerprint density at radius 3 is 2.47 bits per heavy atom. The van der Waals surface area contributed by atoms with Crippen LogP contribution in [0.5, 0.6) is 5.75 Å². The molecule has 3 nitrogen and oxygen atoms in total. The molecular formula is C13H16N2OS. The minimum Gasteiger partial charge on any atom is -0.491 e. The first-order valence-corrected chi connectivity index (χ1v) is 6.51. The number of hydrogen-bond donors (Lipinski definition) is 1. The van der Waals surface area contributed by atoms with Crippen LogP contribution < -0.4 is 10.5 Å². The molecule has 0 fully saturated rings. The van der Waals surface area contributed by atoms with Crippen LogP contribution >= 0.6 is 11.3 Å². The van der Waals surface area contributed by atoms with E-state index in [2.05, 4.69) is 4.98 Å². The number of thiazole rings is 1. The molecule has 1 unspecified atom stereocenters. The summed E-state index contributed by atoms with van der Waals surface area (Å²) in [6.45, 7) is 4.02. The lowest BCUT2D eigenvalue weighted by atomic mass is 10.1. The lowest BCUT2D eigenvalue weighted by molar-refractivity contribution is 0.242. The summed E-state index contributed by atoms with van der Waals surface area (Å²) in [7, 11) is 0. The number of nitrogens with zero attached hydrogens (tertiary/aromatic N) is 1. The maximum absolute atomic E-state index is 6.12. The molecular weight excluding hydrogens is 232 g/mol. The molecule has 0 spiro atoms. The molecule has 0 saturated carbocycles. The molecule has 0 aliphatic rings. The third-order valence-electron chi connectivity index (χ3n) is 2.38. The van der Waals surface area contributed by atoms with Gasteiger partial charge in [-0.3, -0.25) is 0 Å². The van der Waals surface area contributed by atoms with Crippen molar-refractivity contribution in [1.29, 1.82) is 0 Å². The molecule has 17 heavy (non-hydrogen) atoms. The van der Waals surface area contributed by atoms with Crippen LogP contribution in [-0.2, 0) is 0 Å². The fraction of sp³-hybridized carbons (Fsp3) is 0.308. The number of hydrogen-bond acceptors (Lipinski definition) is 4. The van der Waals surface area contributed by atoms with Crippen LogP contribution in [0.3, 0.4) is 0 Å². The van der Waals surface area contributed by atoms with E-state index < -0.39 is 0 Å². The third-order valence-corrected chi connectivity index (χ3v) is 2.99. The van der Waals surface area contributed by atoms with Crippen molar-refractivity contribution in [3.05, 3.63) is 46.4 Å². The smallest absolute Gasteiger partial charge is 0.119 e. The summed E-state index contributed by atoms with van der Waals surface area (Å²) in [6.07, 6.45) is 0.188. The van der Waals surface area contributed by atoms with E-state index in [1.165, 1.54) is 0 Å². The third kappa shape index (κ3) is 3.05. The van der Waals surface area contributed by atoms with Gasteiger partial charge in [-0.15, -0.1) is 11.3 Å². The molecule has 0 aliphatic heterocycles. The van der Waals surface area contributed by atoms with Gasteiger partial charge in [-0.2, -0.15) is 0 Å². The molecule has 0 saturated heterocycles. The topological polar surface area (TPSA) is 48.1 Å². The second-order valence-electron chi connectivity index (χ2n) is 4.13. The molecule has 2 rings (SSSR count). The molecule has 0 radical (unpaired) electrons. The summed E-state index contributed by atoms with van der Waals surface area (Å²) < 4.78 is 5.59. The predicted molar refractivity (Wildman–Crippen MR) is 70.4 cm³/mol. The summed E-state index contributed by atoms with van der Waals surface area (Å²) in [5.41, 5.74) is 9.87. The Balaban J connectivity index is 2.12. The molecule has 0 bridgehead atoms. The second-order valence-corrected chi connectivity index (χ2v) is 4.85. The van der Waals surface area contributed by atoms with Crippen LogP contribution in [0.4, 0.5) is 0 Å². The molecule has 4 heteroatoms. The molecule has 2 aromatic rings. The van der Waals surface area contributed by atoms with Gasteiger partial charge < -0.3 is 10.5 Å².